The van der Waals surface area contributed by atoms with E-state index >= 15 is 0 Å². The van der Waals surface area contributed by atoms with Crippen LogP contribution in [-0.4, -0.2) is 38.1 Å². The van der Waals surface area contributed by atoms with Gasteiger partial charge in [0.2, 0.25) is 5.75 Å². The third kappa shape index (κ3) is 5.12. The molecule has 0 aliphatic heterocycles. The average molecular weight is 409 g/mol. The van der Waals surface area contributed by atoms with E-state index in [0.717, 1.165) is 4.47 Å². The van der Waals surface area contributed by atoms with Gasteiger partial charge in [0.1, 0.15) is 5.75 Å². The van der Waals surface area contributed by atoms with Gasteiger partial charge in [0.25, 0.3) is 5.91 Å². The molecule has 7 nitrogen and oxygen atoms in total. The van der Waals surface area contributed by atoms with E-state index in [1.165, 1.54) is 26.5 Å². The molecule has 1 amide bonds. The number of hydrazone groups is 1. The molecule has 2 aromatic rings. The summed E-state index contributed by atoms with van der Waals surface area (Å²) < 4.78 is 16.6. The molecule has 25 heavy (non-hydrogen) atoms. The second kappa shape index (κ2) is 8.93. The first-order chi connectivity index (χ1) is 12.0. The van der Waals surface area contributed by atoms with Gasteiger partial charge in [-0.25, -0.2) is 5.43 Å². The van der Waals surface area contributed by atoms with E-state index in [4.69, 9.17) is 14.2 Å². The number of hydrogen-bond acceptors (Lipinski definition) is 6. The Hall–Kier alpha value is -2.74. The van der Waals surface area contributed by atoms with Crippen LogP contribution in [0, 0.1) is 0 Å². The fraction of sp³-hybridized carbons (Fsp3) is 0.176. The van der Waals surface area contributed by atoms with E-state index in [0.29, 0.717) is 22.8 Å². The first kappa shape index (κ1) is 18.6. The van der Waals surface area contributed by atoms with E-state index in [1.807, 2.05) is 0 Å². The van der Waals surface area contributed by atoms with Crippen LogP contribution in [0.5, 0.6) is 23.0 Å². The predicted octanol–water partition coefficient (Wildman–Crippen LogP) is 2.70. The molecule has 0 aromatic heterocycles. The maximum absolute atomic E-state index is 11.9. The SMILES string of the molecule is COc1cccc(OC)c1OCC(=O)N/N=C\c1cc(Br)ccc1O. The van der Waals surface area contributed by atoms with Crippen molar-refractivity contribution >= 4 is 28.1 Å². The van der Waals surface area contributed by atoms with Crippen molar-refractivity contribution in [3.8, 4) is 23.0 Å². The number of carbonyl (C=O) groups excluding carboxylic acids is 1. The molecular formula is C17H17BrN2O5. The quantitative estimate of drug-likeness (QED) is 0.542. The summed E-state index contributed by atoms with van der Waals surface area (Å²) in [7, 11) is 2.99. The second-order valence-corrected chi connectivity index (χ2v) is 5.69. The van der Waals surface area contributed by atoms with Gasteiger partial charge in [-0.3, -0.25) is 4.79 Å². The normalized spacial score (nSPS) is 10.5. The summed E-state index contributed by atoms with van der Waals surface area (Å²) in [5.74, 6) is 0.815. The topological polar surface area (TPSA) is 89.4 Å². The van der Waals surface area contributed by atoms with Crippen molar-refractivity contribution < 1.29 is 24.1 Å². The van der Waals surface area contributed by atoms with Gasteiger partial charge in [-0.1, -0.05) is 22.0 Å². The molecule has 0 aliphatic carbocycles. The Bertz CT molecular complexity index is 757. The molecule has 8 heteroatoms. The van der Waals surface area contributed by atoms with Crippen molar-refractivity contribution in [2.24, 2.45) is 5.10 Å². The van der Waals surface area contributed by atoms with Crippen molar-refractivity contribution in [2.75, 3.05) is 20.8 Å². The highest BCUT2D eigenvalue weighted by Gasteiger charge is 2.12. The van der Waals surface area contributed by atoms with Crippen LogP contribution in [0.3, 0.4) is 0 Å². The number of carbonyl (C=O) groups is 1. The van der Waals surface area contributed by atoms with Crippen LogP contribution in [0.1, 0.15) is 5.56 Å². The highest BCUT2D eigenvalue weighted by molar-refractivity contribution is 9.10. The third-order valence-corrected chi connectivity index (χ3v) is 3.61. The van der Waals surface area contributed by atoms with Crippen molar-refractivity contribution in [1.82, 2.24) is 5.43 Å². The fourth-order valence-electron chi connectivity index (χ4n) is 1.93. The maximum Gasteiger partial charge on any atom is 0.277 e. The van der Waals surface area contributed by atoms with E-state index in [-0.39, 0.29) is 12.4 Å². The average Bonchev–Trinajstić information content (AvgIpc) is 2.62. The molecule has 0 saturated carbocycles. The van der Waals surface area contributed by atoms with Crippen LogP contribution in [0.25, 0.3) is 0 Å². The molecule has 0 unspecified atom stereocenters. The largest absolute Gasteiger partial charge is 0.507 e. The van der Waals surface area contributed by atoms with Crippen molar-refractivity contribution in [3.05, 3.63) is 46.4 Å². The maximum atomic E-state index is 11.9. The minimum Gasteiger partial charge on any atom is -0.507 e. The van der Waals surface area contributed by atoms with Gasteiger partial charge in [0, 0.05) is 10.0 Å². The third-order valence-electron chi connectivity index (χ3n) is 3.11. The number of aromatic hydroxyl groups is 1. The number of ether oxygens (including phenoxy) is 3. The summed E-state index contributed by atoms with van der Waals surface area (Å²) in [6.07, 6.45) is 1.33. The number of benzene rings is 2. The summed E-state index contributed by atoms with van der Waals surface area (Å²) in [5.41, 5.74) is 2.78. The van der Waals surface area contributed by atoms with Gasteiger partial charge in [0.05, 0.1) is 20.4 Å². The fourth-order valence-corrected chi connectivity index (χ4v) is 2.31. The van der Waals surface area contributed by atoms with Crippen molar-refractivity contribution in [2.45, 2.75) is 0 Å². The highest BCUT2D eigenvalue weighted by atomic mass is 79.9. The molecule has 0 saturated heterocycles. The standard InChI is InChI=1S/C17H17BrN2O5/c1-23-14-4-3-5-15(24-2)17(14)25-10-16(22)20-19-9-11-8-12(18)6-7-13(11)21/h3-9,21H,10H2,1-2H3,(H,20,22)/b19-9-. The van der Waals surface area contributed by atoms with Crippen LogP contribution >= 0.6 is 15.9 Å². The molecular weight excluding hydrogens is 392 g/mol. The lowest BCUT2D eigenvalue weighted by Gasteiger charge is -2.13. The molecule has 0 fully saturated rings. The summed E-state index contributed by atoms with van der Waals surface area (Å²) >= 11 is 3.29. The van der Waals surface area contributed by atoms with Crippen LogP contribution in [0.4, 0.5) is 0 Å². The Kier molecular flexibility index (Phi) is 6.64. The Morgan fingerprint density at radius 1 is 1.24 bits per heavy atom. The smallest absolute Gasteiger partial charge is 0.277 e. The Labute approximate surface area is 153 Å². The minimum atomic E-state index is -0.473. The zero-order valence-electron chi connectivity index (χ0n) is 13.7. The molecule has 2 N–H and O–H groups in total. The highest BCUT2D eigenvalue weighted by Crippen LogP contribution is 2.36. The number of halogens is 1. The van der Waals surface area contributed by atoms with Gasteiger partial charge < -0.3 is 19.3 Å². The number of nitrogens with one attached hydrogen (secondary N) is 1. The lowest BCUT2D eigenvalue weighted by molar-refractivity contribution is -0.123. The monoisotopic (exact) mass is 408 g/mol. The molecule has 0 atom stereocenters. The minimum absolute atomic E-state index is 0.0520. The lowest BCUT2D eigenvalue weighted by Crippen LogP contribution is -2.24. The summed E-state index contributed by atoms with van der Waals surface area (Å²) in [6, 6.07) is 10.0. The molecule has 0 heterocycles. The zero-order valence-corrected chi connectivity index (χ0v) is 15.2. The van der Waals surface area contributed by atoms with Crippen molar-refractivity contribution in [3.63, 3.8) is 0 Å². The second-order valence-electron chi connectivity index (χ2n) is 4.78. The molecule has 2 aromatic carbocycles. The van der Waals surface area contributed by atoms with E-state index in [1.54, 1.807) is 30.3 Å². The Morgan fingerprint density at radius 2 is 1.92 bits per heavy atom. The Balaban J connectivity index is 1.95. The van der Waals surface area contributed by atoms with Gasteiger partial charge in [-0.15, -0.1) is 0 Å². The van der Waals surface area contributed by atoms with E-state index < -0.39 is 5.91 Å². The molecule has 132 valence electrons. The van der Waals surface area contributed by atoms with Crippen LogP contribution in [0.15, 0.2) is 46.0 Å². The molecule has 0 aliphatic rings. The summed E-state index contributed by atoms with van der Waals surface area (Å²) in [4.78, 5) is 11.9. The lowest BCUT2D eigenvalue weighted by atomic mass is 10.2. The van der Waals surface area contributed by atoms with Gasteiger partial charge in [-0.05, 0) is 30.3 Å². The van der Waals surface area contributed by atoms with E-state index in [2.05, 4.69) is 26.5 Å². The number of phenolic OH excluding ortho intramolecular Hbond substituents is 1. The van der Waals surface area contributed by atoms with Crippen molar-refractivity contribution in [1.29, 1.82) is 0 Å². The number of methoxy groups -OCH3 is 2. The van der Waals surface area contributed by atoms with Gasteiger partial charge >= 0.3 is 0 Å². The number of para-hydroxylation sites is 1. The number of rotatable bonds is 7. The van der Waals surface area contributed by atoms with E-state index in [9.17, 15) is 9.90 Å². The summed E-state index contributed by atoms with van der Waals surface area (Å²) in [6.45, 7) is -0.279. The number of hydrogen-bond donors (Lipinski definition) is 2. The predicted molar refractivity (Wildman–Crippen MR) is 96.6 cm³/mol. The molecule has 0 bridgehead atoms. The number of phenols is 1. The number of amides is 1. The van der Waals surface area contributed by atoms with Gasteiger partial charge in [0.15, 0.2) is 18.1 Å². The zero-order chi connectivity index (χ0) is 18.2. The Morgan fingerprint density at radius 3 is 2.56 bits per heavy atom. The molecule has 0 radical (unpaired) electrons. The molecule has 0 spiro atoms. The van der Waals surface area contributed by atoms with Crippen LogP contribution in [0.2, 0.25) is 0 Å². The first-order valence-corrected chi connectivity index (χ1v) is 7.98. The van der Waals surface area contributed by atoms with Gasteiger partial charge in [-0.2, -0.15) is 5.10 Å². The molecule has 2 rings (SSSR count). The summed E-state index contributed by atoms with van der Waals surface area (Å²) in [5, 5.41) is 13.5. The van der Waals surface area contributed by atoms with Crippen LogP contribution in [-0.2, 0) is 4.79 Å². The first-order valence-electron chi connectivity index (χ1n) is 7.19. The van der Waals surface area contributed by atoms with Crippen LogP contribution < -0.4 is 19.6 Å². The number of nitrogens with zero attached hydrogens (tertiary/aromatic N) is 1.